The maximum absolute atomic E-state index is 13.3. The number of nitrogens with one attached hydrogen (secondary N) is 1. The molecule has 2 fully saturated rings. The van der Waals surface area contributed by atoms with Crippen LogP contribution in [0.25, 0.3) is 16.4 Å². The minimum absolute atomic E-state index is 0.123. The number of likely N-dealkylation sites (tertiary alicyclic amines) is 1. The van der Waals surface area contributed by atoms with E-state index in [4.69, 9.17) is 12.2 Å². The maximum Gasteiger partial charge on any atom is 0.293 e. The van der Waals surface area contributed by atoms with E-state index in [1.807, 2.05) is 52.7 Å². The van der Waals surface area contributed by atoms with Crippen molar-refractivity contribution in [2.45, 2.75) is 37.6 Å². The van der Waals surface area contributed by atoms with Crippen molar-refractivity contribution in [3.63, 3.8) is 0 Å². The van der Waals surface area contributed by atoms with Gasteiger partial charge in [0.25, 0.3) is 5.91 Å². The molecule has 1 aromatic carbocycles. The van der Waals surface area contributed by atoms with E-state index in [0.29, 0.717) is 35.6 Å². The van der Waals surface area contributed by atoms with Crippen LogP contribution in [0, 0.1) is 4.77 Å². The molecule has 1 saturated heterocycles. The summed E-state index contributed by atoms with van der Waals surface area (Å²) in [4.78, 5) is 20.9. The molecule has 10 heteroatoms. The van der Waals surface area contributed by atoms with Crippen LogP contribution in [-0.4, -0.2) is 53.4 Å². The first-order valence-electron chi connectivity index (χ1n) is 11.2. The maximum atomic E-state index is 13.3. The standard InChI is InChI=1S/C23H23N7OS2/c31-22(28-12-10-15(11-13-28)20-25-26-23(32)29(20)16-8-9-16)19-24-21(18-7-4-14-33-18)30(27-19)17-5-2-1-3-6-17/h1-7,14-16H,8-13H2,(H,26,32). The van der Waals surface area contributed by atoms with Gasteiger partial charge in [-0.25, -0.2) is 9.67 Å². The van der Waals surface area contributed by atoms with Crippen LogP contribution in [0.5, 0.6) is 0 Å². The predicted octanol–water partition coefficient (Wildman–Crippen LogP) is 4.60. The first-order chi connectivity index (χ1) is 16.2. The number of hydrogen-bond acceptors (Lipinski definition) is 6. The summed E-state index contributed by atoms with van der Waals surface area (Å²) in [6.45, 7) is 1.31. The fourth-order valence-electron chi connectivity index (χ4n) is 4.49. The molecule has 1 saturated carbocycles. The van der Waals surface area contributed by atoms with E-state index in [1.54, 1.807) is 16.0 Å². The molecule has 1 aliphatic heterocycles. The molecule has 2 aliphatic rings. The Kier molecular flexibility index (Phi) is 5.18. The summed E-state index contributed by atoms with van der Waals surface area (Å²) in [5.41, 5.74) is 0.883. The number of para-hydroxylation sites is 1. The smallest absolute Gasteiger partial charge is 0.293 e. The van der Waals surface area contributed by atoms with Crippen molar-refractivity contribution in [1.82, 2.24) is 34.4 Å². The van der Waals surface area contributed by atoms with Crippen LogP contribution in [0.2, 0.25) is 0 Å². The van der Waals surface area contributed by atoms with Gasteiger partial charge in [0.05, 0.1) is 10.6 Å². The Morgan fingerprint density at radius 1 is 1.06 bits per heavy atom. The Hall–Kier alpha value is -3.11. The molecule has 0 radical (unpaired) electrons. The van der Waals surface area contributed by atoms with E-state index in [2.05, 4.69) is 24.8 Å². The third kappa shape index (κ3) is 3.83. The Bertz CT molecular complexity index is 1330. The summed E-state index contributed by atoms with van der Waals surface area (Å²) in [6.07, 6.45) is 4.05. The molecule has 1 aliphatic carbocycles. The lowest BCUT2D eigenvalue weighted by Gasteiger charge is -2.31. The number of H-pyrrole nitrogens is 1. The number of piperidine rings is 1. The summed E-state index contributed by atoms with van der Waals surface area (Å²) in [7, 11) is 0. The first kappa shape index (κ1) is 20.5. The number of thiophene rings is 1. The average molecular weight is 478 g/mol. The summed E-state index contributed by atoms with van der Waals surface area (Å²) in [6, 6.07) is 14.3. The number of carbonyl (C=O) groups excluding carboxylic acids is 1. The van der Waals surface area contributed by atoms with Gasteiger partial charge in [-0.15, -0.1) is 16.4 Å². The first-order valence-corrected chi connectivity index (χ1v) is 12.5. The van der Waals surface area contributed by atoms with Gasteiger partial charge >= 0.3 is 0 Å². The topological polar surface area (TPSA) is 84.6 Å². The molecule has 0 spiro atoms. The summed E-state index contributed by atoms with van der Waals surface area (Å²) < 4.78 is 4.66. The molecular formula is C23H23N7OS2. The van der Waals surface area contributed by atoms with Crippen LogP contribution < -0.4 is 0 Å². The van der Waals surface area contributed by atoms with Crippen molar-refractivity contribution >= 4 is 29.5 Å². The van der Waals surface area contributed by atoms with Gasteiger partial charge in [-0.05, 0) is 61.5 Å². The highest BCUT2D eigenvalue weighted by Crippen LogP contribution is 2.39. The molecule has 6 rings (SSSR count). The van der Waals surface area contributed by atoms with E-state index in [9.17, 15) is 4.79 Å². The Balaban J connectivity index is 1.23. The highest BCUT2D eigenvalue weighted by Gasteiger charge is 2.33. The zero-order chi connectivity index (χ0) is 22.4. The van der Waals surface area contributed by atoms with Crippen LogP contribution in [0.3, 0.4) is 0 Å². The van der Waals surface area contributed by atoms with Crippen molar-refractivity contribution in [1.29, 1.82) is 0 Å². The number of benzene rings is 1. The molecule has 0 atom stereocenters. The van der Waals surface area contributed by atoms with Crippen molar-refractivity contribution in [2.75, 3.05) is 13.1 Å². The average Bonchev–Trinajstić information content (AvgIpc) is 3.24. The van der Waals surface area contributed by atoms with Gasteiger partial charge in [0.1, 0.15) is 5.82 Å². The minimum Gasteiger partial charge on any atom is -0.336 e. The van der Waals surface area contributed by atoms with E-state index >= 15 is 0 Å². The van der Waals surface area contributed by atoms with Crippen LogP contribution in [0.15, 0.2) is 47.8 Å². The summed E-state index contributed by atoms with van der Waals surface area (Å²) in [5, 5.41) is 14.1. The number of hydrogen-bond donors (Lipinski definition) is 1. The van der Waals surface area contributed by atoms with Gasteiger partial charge in [0.15, 0.2) is 10.6 Å². The second kappa shape index (κ2) is 8.35. The Morgan fingerprint density at radius 2 is 1.85 bits per heavy atom. The van der Waals surface area contributed by atoms with Gasteiger partial charge in [-0.2, -0.15) is 5.10 Å². The Morgan fingerprint density at radius 3 is 2.55 bits per heavy atom. The van der Waals surface area contributed by atoms with E-state index in [1.165, 1.54) is 12.8 Å². The van der Waals surface area contributed by atoms with Crippen molar-refractivity contribution < 1.29 is 4.79 Å². The van der Waals surface area contributed by atoms with E-state index in [-0.39, 0.29) is 11.7 Å². The van der Waals surface area contributed by atoms with Crippen LogP contribution >= 0.6 is 23.6 Å². The highest BCUT2D eigenvalue weighted by molar-refractivity contribution is 7.71. The number of amides is 1. The lowest BCUT2D eigenvalue weighted by Crippen LogP contribution is -2.39. The summed E-state index contributed by atoms with van der Waals surface area (Å²) >= 11 is 7.02. The SMILES string of the molecule is O=C(c1nc(-c2cccs2)n(-c2ccccc2)n1)N1CCC(c2n[nH]c(=S)n2C2CC2)CC1. The van der Waals surface area contributed by atoms with Crippen LogP contribution in [-0.2, 0) is 0 Å². The van der Waals surface area contributed by atoms with E-state index in [0.717, 1.165) is 29.2 Å². The fourth-order valence-corrected chi connectivity index (χ4v) is 5.48. The van der Waals surface area contributed by atoms with Crippen molar-refractivity contribution in [2.24, 2.45) is 0 Å². The number of aromatic nitrogens is 6. The minimum atomic E-state index is -0.123. The zero-order valence-corrected chi connectivity index (χ0v) is 19.6. The largest absolute Gasteiger partial charge is 0.336 e. The van der Waals surface area contributed by atoms with Gasteiger partial charge in [-0.3, -0.25) is 9.89 Å². The van der Waals surface area contributed by atoms with Gasteiger partial charge < -0.3 is 9.47 Å². The predicted molar refractivity (Wildman–Crippen MR) is 128 cm³/mol. The van der Waals surface area contributed by atoms with Crippen LogP contribution in [0.1, 0.15) is 54.1 Å². The molecule has 4 aromatic rings. The molecule has 33 heavy (non-hydrogen) atoms. The molecule has 0 bridgehead atoms. The second-order valence-electron chi connectivity index (χ2n) is 8.54. The molecule has 3 aromatic heterocycles. The molecule has 168 valence electrons. The zero-order valence-electron chi connectivity index (χ0n) is 17.9. The number of carbonyl (C=O) groups is 1. The number of rotatable bonds is 5. The molecule has 0 unspecified atom stereocenters. The molecule has 1 N–H and O–H groups in total. The number of nitrogens with zero attached hydrogens (tertiary/aromatic N) is 6. The van der Waals surface area contributed by atoms with Crippen molar-refractivity contribution in [3.05, 3.63) is 64.3 Å². The van der Waals surface area contributed by atoms with Crippen molar-refractivity contribution in [3.8, 4) is 16.4 Å². The normalized spacial score (nSPS) is 16.9. The molecule has 1 amide bonds. The monoisotopic (exact) mass is 477 g/mol. The van der Waals surface area contributed by atoms with Gasteiger partial charge in [0.2, 0.25) is 5.82 Å². The van der Waals surface area contributed by atoms with Crippen LogP contribution in [0.4, 0.5) is 0 Å². The fraction of sp³-hybridized carbons (Fsp3) is 0.348. The van der Waals surface area contributed by atoms with E-state index < -0.39 is 0 Å². The van der Waals surface area contributed by atoms with Gasteiger partial charge in [0, 0.05) is 25.0 Å². The molecule has 8 nitrogen and oxygen atoms in total. The lowest BCUT2D eigenvalue weighted by atomic mass is 9.95. The second-order valence-corrected chi connectivity index (χ2v) is 9.87. The lowest BCUT2D eigenvalue weighted by molar-refractivity contribution is 0.0698. The quantitative estimate of drug-likeness (QED) is 0.425. The number of aromatic amines is 1. The Labute approximate surface area is 199 Å². The third-order valence-corrected chi connectivity index (χ3v) is 7.49. The van der Waals surface area contributed by atoms with Gasteiger partial charge in [-0.1, -0.05) is 24.3 Å². The third-order valence-electron chi connectivity index (χ3n) is 6.33. The molecule has 4 heterocycles. The summed E-state index contributed by atoms with van der Waals surface area (Å²) in [5.74, 6) is 2.15. The highest BCUT2D eigenvalue weighted by atomic mass is 32.1. The molecular weight excluding hydrogens is 454 g/mol.